The molecular formula is C18H36N2O3. The number of alkyl carbamates (subject to hydrolysis) is 1. The zero-order chi connectivity index (χ0) is 17.7. The lowest BCUT2D eigenvalue weighted by molar-refractivity contribution is -0.0796. The van der Waals surface area contributed by atoms with E-state index >= 15 is 0 Å². The summed E-state index contributed by atoms with van der Waals surface area (Å²) in [7, 11) is 0. The number of hydrogen-bond donors (Lipinski definition) is 2. The summed E-state index contributed by atoms with van der Waals surface area (Å²) < 4.78 is 11.2. The molecule has 1 aliphatic heterocycles. The molecule has 136 valence electrons. The van der Waals surface area contributed by atoms with E-state index in [0.717, 1.165) is 25.9 Å². The zero-order valence-corrected chi connectivity index (χ0v) is 16.0. The van der Waals surface area contributed by atoms with Crippen molar-refractivity contribution in [3.63, 3.8) is 0 Å². The number of rotatable bonds is 6. The molecule has 0 aromatic rings. The third kappa shape index (κ3) is 7.53. The zero-order valence-electron chi connectivity index (χ0n) is 16.0. The molecule has 23 heavy (non-hydrogen) atoms. The second-order valence-electron chi connectivity index (χ2n) is 8.24. The lowest BCUT2D eigenvalue weighted by Crippen LogP contribution is -2.53. The molecule has 1 heterocycles. The molecule has 1 saturated heterocycles. The van der Waals surface area contributed by atoms with Crippen LogP contribution in [0.25, 0.3) is 0 Å². The first-order valence-electron chi connectivity index (χ1n) is 8.91. The molecule has 3 unspecified atom stereocenters. The van der Waals surface area contributed by atoms with E-state index in [9.17, 15) is 4.79 Å². The third-order valence-electron chi connectivity index (χ3n) is 4.46. The van der Waals surface area contributed by atoms with Crippen LogP contribution in [0.15, 0.2) is 0 Å². The minimum atomic E-state index is -0.464. The minimum absolute atomic E-state index is 0.0317. The Labute approximate surface area is 141 Å². The van der Waals surface area contributed by atoms with Gasteiger partial charge in [-0.05, 0) is 52.9 Å². The maximum absolute atomic E-state index is 11.8. The van der Waals surface area contributed by atoms with Crippen molar-refractivity contribution in [3.05, 3.63) is 0 Å². The monoisotopic (exact) mass is 328 g/mol. The number of carbonyl (C=O) groups is 1. The Balaban J connectivity index is 2.50. The fourth-order valence-electron chi connectivity index (χ4n) is 2.82. The molecule has 5 heteroatoms. The van der Waals surface area contributed by atoms with Gasteiger partial charge in [-0.1, -0.05) is 20.8 Å². The summed E-state index contributed by atoms with van der Waals surface area (Å²) in [6.45, 7) is 15.7. The molecule has 0 saturated carbocycles. The smallest absolute Gasteiger partial charge is 0.407 e. The van der Waals surface area contributed by atoms with Crippen LogP contribution in [0, 0.1) is 5.92 Å². The lowest BCUT2D eigenvalue weighted by Gasteiger charge is -2.40. The Morgan fingerprint density at radius 3 is 2.57 bits per heavy atom. The van der Waals surface area contributed by atoms with Gasteiger partial charge in [-0.3, -0.25) is 0 Å². The Morgan fingerprint density at radius 1 is 1.39 bits per heavy atom. The van der Waals surface area contributed by atoms with Crippen molar-refractivity contribution in [2.75, 3.05) is 13.2 Å². The van der Waals surface area contributed by atoms with Crippen LogP contribution in [0.5, 0.6) is 0 Å². The van der Waals surface area contributed by atoms with Gasteiger partial charge in [0.1, 0.15) is 5.60 Å². The molecule has 1 rings (SSSR count). The minimum Gasteiger partial charge on any atom is -0.444 e. The standard InChI is InChI=1S/C18H36N2O3/c1-8-18(7)11-14(9-10-22-18)20-15(13(2)3)12-19-16(21)23-17(4,5)6/h13-15,20H,8-12H2,1-7H3,(H,19,21). The first kappa shape index (κ1) is 20.2. The fraction of sp³-hybridized carbons (Fsp3) is 0.944. The van der Waals surface area contributed by atoms with Crippen LogP contribution in [0.3, 0.4) is 0 Å². The Hall–Kier alpha value is -0.810. The van der Waals surface area contributed by atoms with Gasteiger partial charge in [-0.25, -0.2) is 4.79 Å². The van der Waals surface area contributed by atoms with Gasteiger partial charge in [-0.15, -0.1) is 0 Å². The van der Waals surface area contributed by atoms with Gasteiger partial charge in [0.25, 0.3) is 0 Å². The average Bonchev–Trinajstić information content (AvgIpc) is 2.41. The van der Waals surface area contributed by atoms with Crippen molar-refractivity contribution < 1.29 is 14.3 Å². The molecule has 0 spiro atoms. The number of amides is 1. The van der Waals surface area contributed by atoms with Gasteiger partial charge in [0, 0.05) is 25.2 Å². The van der Waals surface area contributed by atoms with E-state index in [4.69, 9.17) is 9.47 Å². The molecule has 1 fully saturated rings. The fourth-order valence-corrected chi connectivity index (χ4v) is 2.82. The molecule has 3 atom stereocenters. The van der Waals surface area contributed by atoms with Crippen molar-refractivity contribution in [2.24, 2.45) is 5.92 Å². The highest BCUT2D eigenvalue weighted by Crippen LogP contribution is 2.28. The second-order valence-corrected chi connectivity index (χ2v) is 8.24. The largest absolute Gasteiger partial charge is 0.444 e. The van der Waals surface area contributed by atoms with Crippen LogP contribution in [-0.4, -0.2) is 42.5 Å². The number of nitrogens with one attached hydrogen (secondary N) is 2. The van der Waals surface area contributed by atoms with E-state index < -0.39 is 5.60 Å². The Morgan fingerprint density at radius 2 is 2.04 bits per heavy atom. The van der Waals surface area contributed by atoms with E-state index in [1.165, 1.54) is 0 Å². The number of carbonyl (C=O) groups excluding carboxylic acids is 1. The molecule has 5 nitrogen and oxygen atoms in total. The predicted octanol–water partition coefficient (Wildman–Crippen LogP) is 3.47. The van der Waals surface area contributed by atoms with Gasteiger partial charge in [0.2, 0.25) is 0 Å². The highest BCUT2D eigenvalue weighted by molar-refractivity contribution is 5.67. The number of ether oxygens (including phenoxy) is 2. The van der Waals surface area contributed by atoms with Gasteiger partial charge in [0.15, 0.2) is 0 Å². The lowest BCUT2D eigenvalue weighted by atomic mass is 9.89. The summed E-state index contributed by atoms with van der Waals surface area (Å²) in [5, 5.41) is 6.60. The summed E-state index contributed by atoms with van der Waals surface area (Å²) >= 11 is 0. The maximum atomic E-state index is 11.8. The summed E-state index contributed by atoms with van der Waals surface area (Å²) in [5.41, 5.74) is -0.496. The van der Waals surface area contributed by atoms with Crippen molar-refractivity contribution in [1.82, 2.24) is 10.6 Å². The van der Waals surface area contributed by atoms with Gasteiger partial charge < -0.3 is 20.1 Å². The van der Waals surface area contributed by atoms with E-state index in [-0.39, 0.29) is 17.7 Å². The van der Waals surface area contributed by atoms with Gasteiger partial charge in [-0.2, -0.15) is 0 Å². The summed E-state index contributed by atoms with van der Waals surface area (Å²) in [6, 6.07) is 0.660. The summed E-state index contributed by atoms with van der Waals surface area (Å²) in [5.74, 6) is 0.431. The third-order valence-corrected chi connectivity index (χ3v) is 4.46. The van der Waals surface area contributed by atoms with Crippen molar-refractivity contribution in [2.45, 2.75) is 91.0 Å². The molecule has 2 N–H and O–H groups in total. The van der Waals surface area contributed by atoms with Crippen LogP contribution in [-0.2, 0) is 9.47 Å². The predicted molar refractivity (Wildman–Crippen MR) is 93.7 cm³/mol. The van der Waals surface area contributed by atoms with Crippen LogP contribution in [0.4, 0.5) is 4.79 Å². The van der Waals surface area contributed by atoms with Crippen LogP contribution >= 0.6 is 0 Å². The van der Waals surface area contributed by atoms with E-state index in [2.05, 4.69) is 38.3 Å². The Bertz CT molecular complexity index is 379. The summed E-state index contributed by atoms with van der Waals surface area (Å²) in [6.07, 6.45) is 2.70. The van der Waals surface area contributed by atoms with Crippen molar-refractivity contribution in [3.8, 4) is 0 Å². The SMILES string of the molecule is CCC1(C)CC(NC(CNC(=O)OC(C)(C)C)C(C)C)CCO1. The van der Waals surface area contributed by atoms with Crippen LogP contribution in [0.2, 0.25) is 0 Å². The highest BCUT2D eigenvalue weighted by Gasteiger charge is 2.33. The molecule has 1 aliphatic rings. The van der Waals surface area contributed by atoms with E-state index in [1.54, 1.807) is 0 Å². The first-order chi connectivity index (χ1) is 10.5. The van der Waals surface area contributed by atoms with Crippen LogP contribution in [0.1, 0.15) is 67.7 Å². The van der Waals surface area contributed by atoms with Crippen molar-refractivity contribution in [1.29, 1.82) is 0 Å². The number of hydrogen-bond acceptors (Lipinski definition) is 4. The average molecular weight is 328 g/mol. The molecular weight excluding hydrogens is 292 g/mol. The molecule has 0 bridgehead atoms. The highest BCUT2D eigenvalue weighted by atomic mass is 16.6. The van der Waals surface area contributed by atoms with Gasteiger partial charge in [0.05, 0.1) is 5.60 Å². The normalized spacial score (nSPS) is 26.9. The first-order valence-corrected chi connectivity index (χ1v) is 8.91. The van der Waals surface area contributed by atoms with Crippen molar-refractivity contribution >= 4 is 6.09 Å². The quantitative estimate of drug-likeness (QED) is 0.784. The molecule has 0 radical (unpaired) electrons. The van der Waals surface area contributed by atoms with E-state index in [1.807, 2.05) is 20.8 Å². The molecule has 1 amide bonds. The van der Waals surface area contributed by atoms with E-state index in [0.29, 0.717) is 18.5 Å². The maximum Gasteiger partial charge on any atom is 0.407 e. The second kappa shape index (κ2) is 8.34. The molecule has 0 aliphatic carbocycles. The molecule has 0 aromatic heterocycles. The molecule has 0 aromatic carbocycles. The van der Waals surface area contributed by atoms with Gasteiger partial charge >= 0.3 is 6.09 Å². The Kier molecular flexibility index (Phi) is 7.33. The topological polar surface area (TPSA) is 59.6 Å². The summed E-state index contributed by atoms with van der Waals surface area (Å²) in [4.78, 5) is 11.8. The van der Waals surface area contributed by atoms with Crippen LogP contribution < -0.4 is 10.6 Å².